The number of benzene rings is 2. The van der Waals surface area contributed by atoms with Crippen molar-refractivity contribution in [2.45, 2.75) is 26.0 Å². The van der Waals surface area contributed by atoms with Crippen LogP contribution in [0, 0.1) is 0 Å². The van der Waals surface area contributed by atoms with E-state index in [1.54, 1.807) is 11.0 Å². The SMILES string of the molecule is CC(=O)OC1c2ccccc2C(=O)N1CCCN1CC=C(c2ccccc2)CC1. The van der Waals surface area contributed by atoms with E-state index >= 15 is 0 Å². The lowest BCUT2D eigenvalue weighted by molar-refractivity contribution is -0.153. The summed E-state index contributed by atoms with van der Waals surface area (Å²) >= 11 is 0. The van der Waals surface area contributed by atoms with Crippen molar-refractivity contribution in [1.82, 2.24) is 9.80 Å². The summed E-state index contributed by atoms with van der Waals surface area (Å²) in [5, 5.41) is 0. The lowest BCUT2D eigenvalue weighted by Crippen LogP contribution is -2.35. The molecule has 0 spiro atoms. The van der Waals surface area contributed by atoms with Gasteiger partial charge in [0.05, 0.1) is 0 Å². The number of hydrogen-bond acceptors (Lipinski definition) is 4. The van der Waals surface area contributed by atoms with Crippen LogP contribution in [0.4, 0.5) is 0 Å². The molecule has 1 amide bonds. The van der Waals surface area contributed by atoms with Crippen LogP contribution in [0.2, 0.25) is 0 Å². The number of nitrogens with zero attached hydrogens (tertiary/aromatic N) is 2. The molecule has 2 aliphatic rings. The van der Waals surface area contributed by atoms with Crippen LogP contribution in [0.5, 0.6) is 0 Å². The summed E-state index contributed by atoms with van der Waals surface area (Å²) in [7, 11) is 0. The van der Waals surface area contributed by atoms with Crippen molar-refractivity contribution in [3.8, 4) is 0 Å². The fourth-order valence-corrected chi connectivity index (χ4v) is 4.13. The third-order valence-electron chi connectivity index (χ3n) is 5.59. The third-order valence-corrected chi connectivity index (χ3v) is 5.59. The van der Waals surface area contributed by atoms with Crippen LogP contribution < -0.4 is 0 Å². The molecule has 0 N–H and O–H groups in total. The maximum Gasteiger partial charge on any atom is 0.304 e. The van der Waals surface area contributed by atoms with E-state index in [1.165, 1.54) is 18.1 Å². The van der Waals surface area contributed by atoms with Gasteiger partial charge in [-0.3, -0.25) is 19.4 Å². The smallest absolute Gasteiger partial charge is 0.304 e. The first-order valence-corrected chi connectivity index (χ1v) is 10.2. The van der Waals surface area contributed by atoms with Gasteiger partial charge in [-0.05, 0) is 30.0 Å². The number of carbonyl (C=O) groups is 2. The van der Waals surface area contributed by atoms with Crippen molar-refractivity contribution in [2.75, 3.05) is 26.2 Å². The van der Waals surface area contributed by atoms with Crippen LogP contribution in [0.1, 0.15) is 47.5 Å². The van der Waals surface area contributed by atoms with E-state index in [4.69, 9.17) is 4.74 Å². The quantitative estimate of drug-likeness (QED) is 0.703. The van der Waals surface area contributed by atoms with E-state index in [0.717, 1.165) is 38.0 Å². The van der Waals surface area contributed by atoms with Crippen LogP contribution in [-0.2, 0) is 9.53 Å². The molecule has 5 nitrogen and oxygen atoms in total. The molecule has 5 heteroatoms. The molecule has 2 heterocycles. The first-order valence-electron chi connectivity index (χ1n) is 10.2. The van der Waals surface area contributed by atoms with E-state index in [-0.39, 0.29) is 11.9 Å². The second kappa shape index (κ2) is 8.62. The summed E-state index contributed by atoms with van der Waals surface area (Å²) in [5.74, 6) is -0.434. The topological polar surface area (TPSA) is 49.9 Å². The van der Waals surface area contributed by atoms with Crippen LogP contribution in [0.25, 0.3) is 5.57 Å². The third kappa shape index (κ3) is 4.25. The van der Waals surface area contributed by atoms with Crippen molar-refractivity contribution in [3.63, 3.8) is 0 Å². The molecular formula is C24H26N2O3. The van der Waals surface area contributed by atoms with Gasteiger partial charge in [0.2, 0.25) is 6.23 Å². The minimum Gasteiger partial charge on any atom is -0.437 e. The average Bonchev–Trinajstić information content (AvgIpc) is 3.01. The average molecular weight is 390 g/mol. The fourth-order valence-electron chi connectivity index (χ4n) is 4.13. The van der Waals surface area contributed by atoms with Gasteiger partial charge in [0.15, 0.2) is 0 Å². The molecule has 0 saturated heterocycles. The van der Waals surface area contributed by atoms with Gasteiger partial charge in [0, 0.05) is 44.2 Å². The highest BCUT2D eigenvalue weighted by Crippen LogP contribution is 2.34. The number of hydrogen-bond donors (Lipinski definition) is 0. The first kappa shape index (κ1) is 19.4. The summed E-state index contributed by atoms with van der Waals surface area (Å²) in [5.41, 5.74) is 4.12. The Morgan fingerprint density at radius 1 is 1.07 bits per heavy atom. The zero-order chi connectivity index (χ0) is 20.2. The Balaban J connectivity index is 1.34. The van der Waals surface area contributed by atoms with Crippen molar-refractivity contribution >= 4 is 17.4 Å². The minimum atomic E-state index is -0.609. The molecule has 0 bridgehead atoms. The molecule has 0 radical (unpaired) electrons. The molecule has 29 heavy (non-hydrogen) atoms. The van der Waals surface area contributed by atoms with Crippen molar-refractivity contribution < 1.29 is 14.3 Å². The highest BCUT2D eigenvalue weighted by Gasteiger charge is 2.38. The Bertz CT molecular complexity index is 923. The van der Waals surface area contributed by atoms with E-state index in [1.807, 2.05) is 24.3 Å². The Labute approximate surface area is 171 Å². The molecular weight excluding hydrogens is 364 g/mol. The van der Waals surface area contributed by atoms with Gasteiger partial charge in [-0.2, -0.15) is 0 Å². The predicted octanol–water partition coefficient (Wildman–Crippen LogP) is 3.88. The predicted molar refractivity (Wildman–Crippen MR) is 112 cm³/mol. The molecule has 4 rings (SSSR count). The monoisotopic (exact) mass is 390 g/mol. The van der Waals surface area contributed by atoms with Gasteiger partial charge in [-0.25, -0.2) is 0 Å². The normalized spacial score (nSPS) is 19.1. The van der Waals surface area contributed by atoms with Crippen molar-refractivity contribution in [1.29, 1.82) is 0 Å². The van der Waals surface area contributed by atoms with Crippen LogP contribution in [0.3, 0.4) is 0 Å². The fraction of sp³-hybridized carbons (Fsp3) is 0.333. The number of carbonyl (C=O) groups excluding carboxylic acids is 2. The summed E-state index contributed by atoms with van der Waals surface area (Å²) < 4.78 is 5.47. The van der Waals surface area contributed by atoms with E-state index < -0.39 is 6.23 Å². The molecule has 1 unspecified atom stereocenters. The van der Waals surface area contributed by atoms with Crippen LogP contribution >= 0.6 is 0 Å². The zero-order valence-corrected chi connectivity index (χ0v) is 16.7. The molecule has 2 aromatic rings. The molecule has 2 aromatic carbocycles. The van der Waals surface area contributed by atoms with E-state index in [0.29, 0.717) is 12.1 Å². The largest absolute Gasteiger partial charge is 0.437 e. The zero-order valence-electron chi connectivity index (χ0n) is 16.7. The molecule has 0 aliphatic carbocycles. The number of ether oxygens (including phenoxy) is 1. The van der Waals surface area contributed by atoms with Gasteiger partial charge < -0.3 is 4.74 Å². The Hall–Kier alpha value is -2.92. The molecule has 0 saturated carbocycles. The van der Waals surface area contributed by atoms with Gasteiger partial charge >= 0.3 is 5.97 Å². The van der Waals surface area contributed by atoms with E-state index in [2.05, 4.69) is 35.2 Å². The lowest BCUT2D eigenvalue weighted by Gasteiger charge is -2.29. The second-order valence-electron chi connectivity index (χ2n) is 7.55. The maximum atomic E-state index is 12.8. The van der Waals surface area contributed by atoms with Gasteiger partial charge in [-0.1, -0.05) is 54.6 Å². The Morgan fingerprint density at radius 3 is 2.55 bits per heavy atom. The van der Waals surface area contributed by atoms with Gasteiger partial charge in [-0.15, -0.1) is 0 Å². The van der Waals surface area contributed by atoms with Gasteiger partial charge in [0.25, 0.3) is 5.91 Å². The standard InChI is InChI=1S/C24H26N2O3/c1-18(27)29-24-22-11-6-5-10-21(22)23(28)26(24)15-7-14-25-16-12-20(13-17-25)19-8-3-2-4-9-19/h2-6,8-12,24H,7,13-17H2,1H3. The number of amides is 1. The Morgan fingerprint density at radius 2 is 1.83 bits per heavy atom. The summed E-state index contributed by atoms with van der Waals surface area (Å²) in [6.45, 7) is 4.80. The highest BCUT2D eigenvalue weighted by molar-refractivity contribution is 5.99. The Kier molecular flexibility index (Phi) is 5.76. The highest BCUT2D eigenvalue weighted by atomic mass is 16.6. The molecule has 2 aliphatic heterocycles. The summed E-state index contributed by atoms with van der Waals surface area (Å²) in [6, 6.07) is 17.9. The van der Waals surface area contributed by atoms with Crippen LogP contribution in [-0.4, -0.2) is 47.9 Å². The second-order valence-corrected chi connectivity index (χ2v) is 7.55. The van der Waals surface area contributed by atoms with Crippen molar-refractivity contribution in [3.05, 3.63) is 77.4 Å². The van der Waals surface area contributed by atoms with Crippen molar-refractivity contribution in [2.24, 2.45) is 0 Å². The molecule has 0 aromatic heterocycles. The molecule has 1 atom stereocenters. The van der Waals surface area contributed by atoms with E-state index in [9.17, 15) is 9.59 Å². The number of fused-ring (bicyclic) bond motifs is 1. The maximum absolute atomic E-state index is 12.8. The summed E-state index contributed by atoms with van der Waals surface area (Å²) in [4.78, 5) is 28.4. The summed E-state index contributed by atoms with van der Waals surface area (Å²) in [6.07, 6.45) is 3.57. The lowest BCUT2D eigenvalue weighted by atomic mass is 9.99. The number of esters is 1. The molecule has 150 valence electrons. The van der Waals surface area contributed by atoms with Crippen LogP contribution in [0.15, 0.2) is 60.7 Å². The van der Waals surface area contributed by atoms with Gasteiger partial charge in [0.1, 0.15) is 0 Å². The first-order chi connectivity index (χ1) is 14.1. The number of rotatable bonds is 6. The molecule has 0 fully saturated rings. The minimum absolute atomic E-state index is 0.0586.